The smallest absolute Gasteiger partial charge is 0.472 e. The Hall–Kier alpha value is -0.920. The first kappa shape index (κ1) is 54.1. The molecule has 0 aliphatic carbocycles. The summed E-state index contributed by atoms with van der Waals surface area (Å²) in [6.07, 6.45) is 49.0. The van der Waals surface area contributed by atoms with Crippen molar-refractivity contribution in [2.75, 3.05) is 26.4 Å². The Balaban J connectivity index is 3.97. The highest BCUT2D eigenvalue weighted by molar-refractivity contribution is 7.47. The standard InChI is InChI=1S/C46H92NO7P/c1-3-5-7-9-11-13-15-17-19-21-22-23-24-25-27-29-31-33-35-37-39-46(48)54-45(44-53-55(49,50)52-42-40-47)43-51-41-38-36-34-32-30-28-26-20-18-16-14-12-10-8-6-4-2/h38,41,45H,3-37,39-40,42-44,47H2,1-2H3,(H,49,50)/b41-38+/t45-/m1/s1. The third-order valence-corrected chi connectivity index (χ3v) is 11.5. The van der Waals surface area contributed by atoms with Crippen molar-refractivity contribution in [3.63, 3.8) is 0 Å². The van der Waals surface area contributed by atoms with Crippen LogP contribution in [0.3, 0.4) is 0 Å². The number of phosphoric ester groups is 1. The van der Waals surface area contributed by atoms with E-state index in [1.54, 1.807) is 6.26 Å². The van der Waals surface area contributed by atoms with Crippen LogP contribution in [0.15, 0.2) is 12.3 Å². The van der Waals surface area contributed by atoms with Crippen LogP contribution in [0.1, 0.15) is 245 Å². The highest BCUT2D eigenvalue weighted by Gasteiger charge is 2.25. The molecular formula is C46H92NO7P. The molecule has 2 atom stereocenters. The van der Waals surface area contributed by atoms with Crippen molar-refractivity contribution in [2.45, 2.75) is 251 Å². The summed E-state index contributed by atoms with van der Waals surface area (Å²) in [5, 5.41) is 0. The lowest BCUT2D eigenvalue weighted by atomic mass is 10.0. The molecule has 328 valence electrons. The van der Waals surface area contributed by atoms with Crippen LogP contribution in [0.4, 0.5) is 0 Å². The lowest BCUT2D eigenvalue weighted by Crippen LogP contribution is -2.27. The monoisotopic (exact) mass is 802 g/mol. The fourth-order valence-corrected chi connectivity index (χ4v) is 7.79. The second-order valence-corrected chi connectivity index (χ2v) is 17.5. The van der Waals surface area contributed by atoms with Gasteiger partial charge in [0.1, 0.15) is 6.61 Å². The van der Waals surface area contributed by atoms with Gasteiger partial charge in [-0.3, -0.25) is 13.8 Å². The number of carbonyl (C=O) groups is 1. The van der Waals surface area contributed by atoms with E-state index in [0.717, 1.165) is 32.1 Å². The topological polar surface area (TPSA) is 117 Å². The number of carbonyl (C=O) groups excluding carboxylic acids is 1. The first-order valence-electron chi connectivity index (χ1n) is 23.7. The van der Waals surface area contributed by atoms with E-state index >= 15 is 0 Å². The first-order valence-corrected chi connectivity index (χ1v) is 25.2. The van der Waals surface area contributed by atoms with Crippen LogP contribution in [-0.2, 0) is 27.9 Å². The zero-order valence-electron chi connectivity index (χ0n) is 36.4. The molecule has 0 aromatic carbocycles. The Kier molecular flexibility index (Phi) is 43.4. The Bertz CT molecular complexity index is 858. The molecule has 3 N–H and O–H groups in total. The van der Waals surface area contributed by atoms with Crippen LogP contribution in [0.2, 0.25) is 0 Å². The van der Waals surface area contributed by atoms with E-state index in [1.165, 1.54) is 193 Å². The summed E-state index contributed by atoms with van der Waals surface area (Å²) >= 11 is 0. The molecule has 1 unspecified atom stereocenters. The average molecular weight is 802 g/mol. The number of hydrogen-bond acceptors (Lipinski definition) is 7. The largest absolute Gasteiger partial charge is 0.498 e. The van der Waals surface area contributed by atoms with E-state index in [4.69, 9.17) is 24.3 Å². The van der Waals surface area contributed by atoms with Crippen molar-refractivity contribution in [1.29, 1.82) is 0 Å². The fraction of sp³-hybridized carbons (Fsp3) is 0.935. The van der Waals surface area contributed by atoms with E-state index in [2.05, 4.69) is 13.8 Å². The minimum atomic E-state index is -4.29. The van der Waals surface area contributed by atoms with Gasteiger partial charge in [0.2, 0.25) is 0 Å². The lowest BCUT2D eigenvalue weighted by Gasteiger charge is -2.19. The minimum absolute atomic E-state index is 0.0388. The van der Waals surface area contributed by atoms with Crippen LogP contribution in [0.25, 0.3) is 0 Å². The number of rotatable bonds is 46. The Labute approximate surface area is 341 Å². The third kappa shape index (κ3) is 44.0. The predicted octanol–water partition coefficient (Wildman–Crippen LogP) is 14.6. The van der Waals surface area contributed by atoms with Gasteiger partial charge in [-0.25, -0.2) is 4.57 Å². The summed E-state index contributed by atoms with van der Waals surface area (Å²) in [6.45, 7) is 4.29. The van der Waals surface area contributed by atoms with Gasteiger partial charge in [-0.1, -0.05) is 219 Å². The zero-order valence-corrected chi connectivity index (χ0v) is 37.3. The number of nitrogens with two attached hydrogens (primary N) is 1. The summed E-state index contributed by atoms with van der Waals surface area (Å²) < 4.78 is 33.3. The molecule has 0 rings (SSSR count). The van der Waals surface area contributed by atoms with Gasteiger partial charge in [-0.2, -0.15) is 0 Å². The number of ether oxygens (including phenoxy) is 2. The molecule has 0 aromatic heterocycles. The Morgan fingerprint density at radius 2 is 0.909 bits per heavy atom. The van der Waals surface area contributed by atoms with Crippen LogP contribution in [0.5, 0.6) is 0 Å². The van der Waals surface area contributed by atoms with Crippen molar-refractivity contribution in [3.05, 3.63) is 12.3 Å². The molecule has 0 saturated carbocycles. The van der Waals surface area contributed by atoms with E-state index < -0.39 is 13.9 Å². The minimum Gasteiger partial charge on any atom is -0.498 e. The number of hydrogen-bond donors (Lipinski definition) is 2. The van der Waals surface area contributed by atoms with Gasteiger partial charge in [-0.15, -0.1) is 0 Å². The number of esters is 1. The van der Waals surface area contributed by atoms with Crippen molar-refractivity contribution in [1.82, 2.24) is 0 Å². The summed E-state index contributed by atoms with van der Waals surface area (Å²) in [4.78, 5) is 22.5. The molecule has 0 spiro atoms. The number of allylic oxidation sites excluding steroid dienone is 1. The normalized spacial score (nSPS) is 13.4. The van der Waals surface area contributed by atoms with Crippen molar-refractivity contribution < 1.29 is 32.8 Å². The quantitative estimate of drug-likeness (QED) is 0.0270. The van der Waals surface area contributed by atoms with Crippen LogP contribution in [0, 0.1) is 0 Å². The summed E-state index contributed by atoms with van der Waals surface area (Å²) in [5.74, 6) is -0.346. The molecule has 0 fully saturated rings. The van der Waals surface area contributed by atoms with E-state index in [0.29, 0.717) is 6.42 Å². The third-order valence-electron chi connectivity index (χ3n) is 10.5. The van der Waals surface area contributed by atoms with Gasteiger partial charge in [0, 0.05) is 13.0 Å². The van der Waals surface area contributed by atoms with Crippen LogP contribution < -0.4 is 5.73 Å². The highest BCUT2D eigenvalue weighted by atomic mass is 31.2. The molecule has 0 bridgehead atoms. The summed E-state index contributed by atoms with van der Waals surface area (Å²) in [7, 11) is -4.29. The van der Waals surface area contributed by atoms with Gasteiger partial charge in [-0.05, 0) is 25.3 Å². The molecular weight excluding hydrogens is 709 g/mol. The van der Waals surface area contributed by atoms with Gasteiger partial charge >= 0.3 is 13.8 Å². The molecule has 8 nitrogen and oxygen atoms in total. The van der Waals surface area contributed by atoms with Crippen LogP contribution >= 0.6 is 7.82 Å². The molecule has 0 amide bonds. The molecule has 0 radical (unpaired) electrons. The van der Waals surface area contributed by atoms with Crippen molar-refractivity contribution in [3.8, 4) is 0 Å². The number of phosphoric acid groups is 1. The maximum Gasteiger partial charge on any atom is 0.472 e. The molecule has 0 aliphatic rings. The van der Waals surface area contributed by atoms with Crippen molar-refractivity contribution >= 4 is 13.8 Å². The maximum absolute atomic E-state index is 12.6. The maximum atomic E-state index is 12.6. The molecule has 0 aliphatic heterocycles. The second-order valence-electron chi connectivity index (χ2n) is 16.1. The molecule has 9 heteroatoms. The lowest BCUT2D eigenvalue weighted by molar-refractivity contribution is -0.153. The van der Waals surface area contributed by atoms with Crippen LogP contribution in [-0.4, -0.2) is 43.3 Å². The average Bonchev–Trinajstić information content (AvgIpc) is 3.17. The van der Waals surface area contributed by atoms with Gasteiger partial charge < -0.3 is 20.1 Å². The Morgan fingerprint density at radius 3 is 1.29 bits per heavy atom. The molecule has 55 heavy (non-hydrogen) atoms. The van der Waals surface area contributed by atoms with Gasteiger partial charge in [0.05, 0.1) is 19.5 Å². The molecule has 0 aromatic rings. The fourth-order valence-electron chi connectivity index (χ4n) is 7.02. The molecule has 0 saturated heterocycles. The molecule has 0 heterocycles. The van der Waals surface area contributed by atoms with E-state index in [1.807, 2.05) is 6.08 Å². The highest BCUT2D eigenvalue weighted by Crippen LogP contribution is 2.43. The SMILES string of the molecule is CCCCCCCCCCCCCCCC/C=C/OC[C@H](COP(=O)(O)OCCN)OC(=O)CCCCCCCCCCCCCCCCCCCCCC. The van der Waals surface area contributed by atoms with Crippen molar-refractivity contribution in [2.24, 2.45) is 5.73 Å². The second kappa shape index (κ2) is 44.2. The van der Waals surface area contributed by atoms with Gasteiger partial charge in [0.25, 0.3) is 0 Å². The Morgan fingerprint density at radius 1 is 0.545 bits per heavy atom. The summed E-state index contributed by atoms with van der Waals surface area (Å²) in [5.41, 5.74) is 5.37. The van der Waals surface area contributed by atoms with E-state index in [9.17, 15) is 14.3 Å². The summed E-state index contributed by atoms with van der Waals surface area (Å²) in [6, 6.07) is 0. The number of unbranched alkanes of at least 4 members (excludes halogenated alkanes) is 33. The van der Waals surface area contributed by atoms with E-state index in [-0.39, 0.29) is 32.3 Å². The first-order chi connectivity index (χ1) is 26.9. The zero-order chi connectivity index (χ0) is 40.2. The van der Waals surface area contributed by atoms with Gasteiger partial charge in [0.15, 0.2) is 6.10 Å². The predicted molar refractivity (Wildman–Crippen MR) is 233 cm³/mol.